The fraction of sp³-hybridized carbons (Fsp3) is 0.500. The maximum absolute atomic E-state index is 13.8. The highest BCUT2D eigenvalue weighted by Crippen LogP contribution is 2.27. The van der Waals surface area contributed by atoms with Gasteiger partial charge in [-0.1, -0.05) is 0 Å². The van der Waals surface area contributed by atoms with Gasteiger partial charge in [0.25, 0.3) is 0 Å². The highest BCUT2D eigenvalue weighted by Gasteiger charge is 2.28. The first-order valence-corrected chi connectivity index (χ1v) is 6.52. The summed E-state index contributed by atoms with van der Waals surface area (Å²) in [5.41, 5.74) is 6.14. The Morgan fingerprint density at radius 3 is 2.90 bits per heavy atom. The Bertz CT molecular complexity index is 496. The third-order valence-electron chi connectivity index (χ3n) is 3.50. The Morgan fingerprint density at radius 1 is 1.45 bits per heavy atom. The van der Waals surface area contributed by atoms with Crippen molar-refractivity contribution < 1.29 is 18.3 Å². The molecule has 2 unspecified atom stereocenters. The second-order valence-corrected chi connectivity index (χ2v) is 5.14. The smallest absolute Gasteiger partial charge is 0.305 e. The number of rotatable bonds is 3. The molecule has 2 atom stereocenters. The van der Waals surface area contributed by atoms with Crippen molar-refractivity contribution in [2.45, 2.75) is 18.9 Å². The molecule has 0 bridgehead atoms. The van der Waals surface area contributed by atoms with Gasteiger partial charge in [0.2, 0.25) is 0 Å². The molecule has 110 valence electrons. The van der Waals surface area contributed by atoms with Gasteiger partial charge in [-0.05, 0) is 24.5 Å². The van der Waals surface area contributed by atoms with Gasteiger partial charge in [0.15, 0.2) is 0 Å². The van der Waals surface area contributed by atoms with E-state index in [-0.39, 0.29) is 30.0 Å². The summed E-state index contributed by atoms with van der Waals surface area (Å²) in [4.78, 5) is 13.0. The zero-order chi connectivity index (χ0) is 14.7. The van der Waals surface area contributed by atoms with Gasteiger partial charge < -0.3 is 15.4 Å². The molecule has 0 saturated carbocycles. The number of nitrogens with two attached hydrogens (primary N) is 1. The highest BCUT2D eigenvalue weighted by atomic mass is 19.1. The maximum atomic E-state index is 13.8. The molecular weight excluding hydrogens is 266 g/mol. The van der Waals surface area contributed by atoms with Gasteiger partial charge in [0.05, 0.1) is 19.2 Å². The van der Waals surface area contributed by atoms with Crippen molar-refractivity contribution >= 4 is 11.7 Å². The van der Waals surface area contributed by atoms with Crippen LogP contribution in [0.3, 0.4) is 0 Å². The summed E-state index contributed by atoms with van der Waals surface area (Å²) >= 11 is 0. The third-order valence-corrected chi connectivity index (χ3v) is 3.50. The second kappa shape index (κ2) is 6.17. The van der Waals surface area contributed by atoms with E-state index in [2.05, 4.69) is 4.74 Å². The number of halogens is 2. The summed E-state index contributed by atoms with van der Waals surface area (Å²) in [5, 5.41) is 0. The molecule has 0 radical (unpaired) electrons. The van der Waals surface area contributed by atoms with Gasteiger partial charge in [0.1, 0.15) is 11.6 Å². The predicted octanol–water partition coefficient (Wildman–Crippen LogP) is 1.68. The standard InChI is InChI=1S/C14H18F2N2O2/c1-20-14(19)5-9-4-11(17)8-18(7-9)13-6-10(15)2-3-12(13)16/h2-3,6,9,11H,4-5,7-8,17H2,1H3. The SMILES string of the molecule is COC(=O)CC1CC(N)CN(c2cc(F)ccc2F)C1. The number of hydrogen-bond donors (Lipinski definition) is 1. The minimum atomic E-state index is -0.495. The molecule has 0 aromatic heterocycles. The molecule has 20 heavy (non-hydrogen) atoms. The lowest BCUT2D eigenvalue weighted by atomic mass is 9.91. The molecule has 1 aliphatic rings. The van der Waals surface area contributed by atoms with E-state index in [1.807, 2.05) is 0 Å². The molecular formula is C14H18F2N2O2. The molecule has 0 amide bonds. The summed E-state index contributed by atoms with van der Waals surface area (Å²) in [6.45, 7) is 0.904. The molecule has 1 saturated heterocycles. The maximum Gasteiger partial charge on any atom is 0.305 e. The topological polar surface area (TPSA) is 55.6 Å². The van der Waals surface area contributed by atoms with Crippen molar-refractivity contribution in [1.29, 1.82) is 0 Å². The van der Waals surface area contributed by atoms with Crippen LogP contribution in [0.5, 0.6) is 0 Å². The van der Waals surface area contributed by atoms with E-state index < -0.39 is 11.6 Å². The Kier molecular flexibility index (Phi) is 4.54. The molecule has 4 nitrogen and oxygen atoms in total. The van der Waals surface area contributed by atoms with Crippen LogP contribution in [0.4, 0.5) is 14.5 Å². The molecule has 2 N–H and O–H groups in total. The number of anilines is 1. The number of hydrogen-bond acceptors (Lipinski definition) is 4. The van der Waals surface area contributed by atoms with Gasteiger partial charge in [0, 0.05) is 25.2 Å². The van der Waals surface area contributed by atoms with E-state index in [4.69, 9.17) is 5.73 Å². The van der Waals surface area contributed by atoms with Crippen LogP contribution in [0.15, 0.2) is 18.2 Å². The first-order valence-electron chi connectivity index (χ1n) is 6.52. The van der Waals surface area contributed by atoms with E-state index in [0.717, 1.165) is 18.2 Å². The van der Waals surface area contributed by atoms with Crippen molar-refractivity contribution in [2.24, 2.45) is 11.7 Å². The normalized spacial score (nSPS) is 22.7. The summed E-state index contributed by atoms with van der Waals surface area (Å²) in [5.74, 6) is -1.32. The van der Waals surface area contributed by atoms with Gasteiger partial charge in [-0.2, -0.15) is 0 Å². The molecule has 1 fully saturated rings. The molecule has 1 aromatic carbocycles. The van der Waals surface area contributed by atoms with Gasteiger partial charge >= 0.3 is 5.97 Å². The van der Waals surface area contributed by atoms with Gasteiger partial charge in [-0.25, -0.2) is 8.78 Å². The van der Waals surface area contributed by atoms with E-state index in [0.29, 0.717) is 19.5 Å². The Labute approximate surface area is 116 Å². The number of carbonyl (C=O) groups is 1. The van der Waals surface area contributed by atoms with Crippen molar-refractivity contribution in [3.63, 3.8) is 0 Å². The van der Waals surface area contributed by atoms with E-state index in [9.17, 15) is 13.6 Å². The quantitative estimate of drug-likeness (QED) is 0.858. The highest BCUT2D eigenvalue weighted by molar-refractivity contribution is 5.69. The zero-order valence-corrected chi connectivity index (χ0v) is 11.3. The average Bonchev–Trinajstić information content (AvgIpc) is 2.40. The summed E-state index contributed by atoms with van der Waals surface area (Å²) in [6, 6.07) is 3.15. The van der Waals surface area contributed by atoms with Crippen molar-refractivity contribution in [3.05, 3.63) is 29.8 Å². The average molecular weight is 284 g/mol. The number of benzene rings is 1. The van der Waals surface area contributed by atoms with E-state index in [1.165, 1.54) is 7.11 Å². The van der Waals surface area contributed by atoms with E-state index >= 15 is 0 Å². The number of piperidine rings is 1. The van der Waals surface area contributed by atoms with Crippen LogP contribution in [-0.4, -0.2) is 32.2 Å². The van der Waals surface area contributed by atoms with E-state index in [1.54, 1.807) is 4.90 Å². The zero-order valence-electron chi connectivity index (χ0n) is 11.3. The number of carbonyl (C=O) groups excluding carboxylic acids is 1. The lowest BCUT2D eigenvalue weighted by Gasteiger charge is -2.37. The number of ether oxygens (including phenoxy) is 1. The monoisotopic (exact) mass is 284 g/mol. The molecule has 0 spiro atoms. The Morgan fingerprint density at radius 2 is 2.20 bits per heavy atom. The van der Waals surface area contributed by atoms with Crippen molar-refractivity contribution in [2.75, 3.05) is 25.1 Å². The minimum Gasteiger partial charge on any atom is -0.469 e. The van der Waals surface area contributed by atoms with Gasteiger partial charge in [-0.3, -0.25) is 4.79 Å². The summed E-state index contributed by atoms with van der Waals surface area (Å²) < 4.78 is 31.7. The summed E-state index contributed by atoms with van der Waals surface area (Å²) in [6.07, 6.45) is 0.903. The number of nitrogens with zero attached hydrogens (tertiary/aromatic N) is 1. The van der Waals surface area contributed by atoms with Crippen LogP contribution in [0.2, 0.25) is 0 Å². The number of methoxy groups -OCH3 is 1. The van der Waals surface area contributed by atoms with Crippen LogP contribution in [0, 0.1) is 17.6 Å². The molecule has 2 rings (SSSR count). The fourth-order valence-electron chi connectivity index (χ4n) is 2.64. The second-order valence-electron chi connectivity index (χ2n) is 5.14. The molecule has 1 aromatic rings. The van der Waals surface area contributed by atoms with Crippen molar-refractivity contribution in [3.8, 4) is 0 Å². The molecule has 1 heterocycles. The van der Waals surface area contributed by atoms with Crippen LogP contribution >= 0.6 is 0 Å². The van der Waals surface area contributed by atoms with Crippen molar-refractivity contribution in [1.82, 2.24) is 0 Å². The summed E-state index contributed by atoms with van der Waals surface area (Å²) in [7, 11) is 1.33. The first-order chi connectivity index (χ1) is 9.49. The van der Waals surface area contributed by atoms with Crippen LogP contribution in [-0.2, 0) is 9.53 Å². The van der Waals surface area contributed by atoms with Gasteiger partial charge in [-0.15, -0.1) is 0 Å². The molecule has 1 aliphatic heterocycles. The molecule has 6 heteroatoms. The first kappa shape index (κ1) is 14.7. The lowest BCUT2D eigenvalue weighted by molar-refractivity contribution is -0.141. The van der Waals surface area contributed by atoms with Crippen LogP contribution in [0.1, 0.15) is 12.8 Å². The predicted molar refractivity (Wildman–Crippen MR) is 71.3 cm³/mol. The van der Waals surface area contributed by atoms with Crippen LogP contribution < -0.4 is 10.6 Å². The third kappa shape index (κ3) is 3.45. The Hall–Kier alpha value is -1.69. The van der Waals surface area contributed by atoms with Crippen LogP contribution in [0.25, 0.3) is 0 Å². The Balaban J connectivity index is 2.15. The molecule has 0 aliphatic carbocycles. The lowest BCUT2D eigenvalue weighted by Crippen LogP contribution is -2.48. The largest absolute Gasteiger partial charge is 0.469 e. The number of esters is 1. The fourth-order valence-corrected chi connectivity index (χ4v) is 2.64. The minimum absolute atomic E-state index is 0.0196.